The number of hydrogen-bond acceptors (Lipinski definition) is 8. The summed E-state index contributed by atoms with van der Waals surface area (Å²) in [7, 11) is 0. The van der Waals surface area contributed by atoms with E-state index in [9.17, 15) is 4.79 Å². The van der Waals surface area contributed by atoms with Crippen LogP contribution in [0.15, 0.2) is 17.8 Å². The van der Waals surface area contributed by atoms with Gasteiger partial charge in [0.15, 0.2) is 11.0 Å². The summed E-state index contributed by atoms with van der Waals surface area (Å²) in [5, 5.41) is 0.241. The highest BCUT2D eigenvalue weighted by atomic mass is 35.5. The van der Waals surface area contributed by atoms with Crippen LogP contribution in [0.5, 0.6) is 6.01 Å². The third-order valence-electron chi connectivity index (χ3n) is 8.59. The number of fused-ring (bicyclic) bond motifs is 4. The summed E-state index contributed by atoms with van der Waals surface area (Å²) in [4.78, 5) is 32.7. The molecule has 2 aromatic heterocycles. The van der Waals surface area contributed by atoms with Gasteiger partial charge in [-0.05, 0) is 65.0 Å². The molecule has 9 nitrogen and oxygen atoms in total. The predicted molar refractivity (Wildman–Crippen MR) is 147 cm³/mol. The van der Waals surface area contributed by atoms with Gasteiger partial charge in [-0.1, -0.05) is 24.6 Å². The topological polar surface area (TPSA) is 83.9 Å². The fourth-order valence-electron chi connectivity index (χ4n) is 6.88. The molecule has 0 saturated carbocycles. The van der Waals surface area contributed by atoms with Crippen LogP contribution < -0.4 is 9.64 Å². The lowest BCUT2D eigenvalue weighted by Crippen LogP contribution is -2.57. The number of amides is 1. The van der Waals surface area contributed by atoms with Gasteiger partial charge in [-0.2, -0.15) is 9.97 Å². The molecular formula is C28H36ClFN6O3. The zero-order valence-corrected chi connectivity index (χ0v) is 23.8. The zero-order chi connectivity index (χ0) is 27.5. The molecule has 0 aliphatic carbocycles. The van der Waals surface area contributed by atoms with E-state index in [2.05, 4.69) is 32.8 Å². The van der Waals surface area contributed by atoms with Crippen molar-refractivity contribution in [2.45, 2.75) is 83.0 Å². The first-order valence-electron chi connectivity index (χ1n) is 13.9. The second-order valence-corrected chi connectivity index (χ2v) is 12.4. The van der Waals surface area contributed by atoms with Crippen LogP contribution in [0, 0.1) is 5.82 Å². The van der Waals surface area contributed by atoms with Crippen LogP contribution >= 0.6 is 11.6 Å². The van der Waals surface area contributed by atoms with E-state index in [0.29, 0.717) is 30.9 Å². The van der Waals surface area contributed by atoms with Crippen LogP contribution in [0.1, 0.15) is 59.8 Å². The zero-order valence-electron chi connectivity index (χ0n) is 23.0. The fourth-order valence-corrected chi connectivity index (χ4v) is 7.02. The lowest BCUT2D eigenvalue weighted by molar-refractivity contribution is 0.0122. The summed E-state index contributed by atoms with van der Waals surface area (Å²) in [6.07, 6.45) is 8.38. The van der Waals surface area contributed by atoms with Crippen molar-refractivity contribution in [2.75, 3.05) is 37.7 Å². The number of pyridine rings is 1. The number of piperazine rings is 1. The number of carbonyl (C=O) groups is 1. The summed E-state index contributed by atoms with van der Waals surface area (Å²) in [5.74, 6) is -0.133. The number of ether oxygens (including phenoxy) is 2. The lowest BCUT2D eigenvalue weighted by atomic mass is 9.88. The monoisotopic (exact) mass is 558 g/mol. The van der Waals surface area contributed by atoms with Crippen LogP contribution in [0.25, 0.3) is 10.9 Å². The minimum atomic E-state index is -0.686. The van der Waals surface area contributed by atoms with Gasteiger partial charge in [-0.25, -0.2) is 14.2 Å². The second kappa shape index (κ2) is 9.73. The average Bonchev–Trinajstić information content (AvgIpc) is 3.53. The Morgan fingerprint density at radius 3 is 2.67 bits per heavy atom. The van der Waals surface area contributed by atoms with Gasteiger partial charge in [0.1, 0.15) is 23.5 Å². The Bertz CT molecular complexity index is 1320. The molecule has 2 aromatic rings. The van der Waals surface area contributed by atoms with Crippen LogP contribution in [-0.2, 0) is 4.74 Å². The third-order valence-corrected chi connectivity index (χ3v) is 8.85. The molecule has 3 unspecified atom stereocenters. The number of halogens is 2. The highest BCUT2D eigenvalue weighted by Crippen LogP contribution is 2.42. The molecule has 4 aliphatic rings. The van der Waals surface area contributed by atoms with Gasteiger partial charge in [0, 0.05) is 25.8 Å². The van der Waals surface area contributed by atoms with Gasteiger partial charge in [0.2, 0.25) is 0 Å². The minimum Gasteiger partial charge on any atom is -0.461 e. The number of hydrogen-bond donors (Lipinski definition) is 0. The molecule has 210 valence electrons. The van der Waals surface area contributed by atoms with Crippen molar-refractivity contribution in [3.05, 3.63) is 28.8 Å². The molecule has 1 amide bonds. The third kappa shape index (κ3) is 4.59. The quantitative estimate of drug-likeness (QED) is 0.376. The smallest absolute Gasteiger partial charge is 0.410 e. The van der Waals surface area contributed by atoms with Crippen molar-refractivity contribution in [1.82, 2.24) is 24.8 Å². The van der Waals surface area contributed by atoms with E-state index in [1.807, 2.05) is 25.7 Å². The molecule has 0 spiro atoms. The van der Waals surface area contributed by atoms with Crippen molar-refractivity contribution < 1.29 is 18.7 Å². The van der Waals surface area contributed by atoms with E-state index in [1.54, 1.807) is 0 Å². The minimum absolute atomic E-state index is 0.0280. The molecule has 3 fully saturated rings. The van der Waals surface area contributed by atoms with E-state index in [1.165, 1.54) is 11.8 Å². The molecule has 3 saturated heterocycles. The maximum absolute atomic E-state index is 15.2. The van der Waals surface area contributed by atoms with Crippen molar-refractivity contribution in [3.8, 4) is 6.01 Å². The first-order valence-corrected chi connectivity index (χ1v) is 14.3. The summed E-state index contributed by atoms with van der Waals surface area (Å²) in [6, 6.07) is 0.0729. The number of carbonyl (C=O) groups excluding carboxylic acids is 1. The number of anilines is 1. The molecule has 6 rings (SSSR count). The van der Waals surface area contributed by atoms with E-state index in [-0.39, 0.29) is 40.4 Å². The SMILES string of the molecule is CCC1=CCN2CCCC12COc1nc(N2CC3CCC(C2)N3C(=O)OC(C)(C)C)c2cnc(Cl)c(F)c2n1. The van der Waals surface area contributed by atoms with Gasteiger partial charge in [-0.15, -0.1) is 0 Å². The largest absolute Gasteiger partial charge is 0.461 e. The first-order chi connectivity index (χ1) is 18.6. The molecule has 2 bridgehead atoms. The highest BCUT2D eigenvalue weighted by molar-refractivity contribution is 6.30. The summed E-state index contributed by atoms with van der Waals surface area (Å²) in [6.45, 7) is 11.3. The van der Waals surface area contributed by atoms with Crippen LogP contribution in [0.2, 0.25) is 5.15 Å². The lowest BCUT2D eigenvalue weighted by Gasteiger charge is -2.42. The average molecular weight is 559 g/mol. The molecular weight excluding hydrogens is 523 g/mol. The summed E-state index contributed by atoms with van der Waals surface area (Å²) in [5.41, 5.74) is 0.760. The van der Waals surface area contributed by atoms with Crippen molar-refractivity contribution >= 4 is 34.4 Å². The molecule has 0 aromatic carbocycles. The Kier molecular flexibility index (Phi) is 6.61. The highest BCUT2D eigenvalue weighted by Gasteiger charge is 2.47. The van der Waals surface area contributed by atoms with Crippen LogP contribution in [0.4, 0.5) is 15.0 Å². The summed E-state index contributed by atoms with van der Waals surface area (Å²) < 4.78 is 27.2. The number of rotatable bonds is 5. The van der Waals surface area contributed by atoms with E-state index in [0.717, 1.165) is 45.2 Å². The normalized spacial score (nSPS) is 26.8. The van der Waals surface area contributed by atoms with E-state index >= 15 is 4.39 Å². The van der Waals surface area contributed by atoms with Gasteiger partial charge < -0.3 is 14.4 Å². The van der Waals surface area contributed by atoms with Crippen molar-refractivity contribution in [2.24, 2.45) is 0 Å². The van der Waals surface area contributed by atoms with Gasteiger partial charge in [0.25, 0.3) is 0 Å². The first kappa shape index (κ1) is 26.5. The summed E-state index contributed by atoms with van der Waals surface area (Å²) >= 11 is 6.06. The van der Waals surface area contributed by atoms with Crippen LogP contribution in [-0.4, -0.2) is 86.9 Å². The molecule has 4 aliphatic heterocycles. The van der Waals surface area contributed by atoms with Gasteiger partial charge >= 0.3 is 12.1 Å². The molecule has 0 radical (unpaired) electrons. The molecule has 11 heteroatoms. The second-order valence-electron chi connectivity index (χ2n) is 12.1. The Balaban J connectivity index is 1.31. The van der Waals surface area contributed by atoms with Crippen molar-refractivity contribution in [3.63, 3.8) is 0 Å². The van der Waals surface area contributed by atoms with Gasteiger partial charge in [0.05, 0.1) is 23.0 Å². The molecule has 3 atom stereocenters. The fraction of sp³-hybridized carbons (Fsp3) is 0.643. The van der Waals surface area contributed by atoms with Crippen LogP contribution in [0.3, 0.4) is 0 Å². The molecule has 39 heavy (non-hydrogen) atoms. The molecule has 0 N–H and O–H groups in total. The van der Waals surface area contributed by atoms with E-state index < -0.39 is 11.4 Å². The Morgan fingerprint density at radius 2 is 1.97 bits per heavy atom. The Hall–Kier alpha value is -2.72. The maximum Gasteiger partial charge on any atom is 0.410 e. The predicted octanol–water partition coefficient (Wildman–Crippen LogP) is 4.97. The number of aromatic nitrogens is 3. The number of nitrogens with zero attached hydrogens (tertiary/aromatic N) is 6. The standard InChI is InChI=1S/C28H36ClFN6O3/c1-5-17-9-12-35-11-6-10-28(17,35)16-38-25-32-22-20(13-31-23(29)21(22)30)24(33-25)34-14-18-7-8-19(15-34)36(18)26(37)39-27(2,3)4/h9,13,18-19H,5-8,10-12,14-16H2,1-4H3. The van der Waals surface area contributed by atoms with Gasteiger partial charge in [-0.3, -0.25) is 9.80 Å². The maximum atomic E-state index is 15.2. The van der Waals surface area contributed by atoms with E-state index in [4.69, 9.17) is 26.1 Å². The Morgan fingerprint density at radius 1 is 1.23 bits per heavy atom. The Labute approximate surface area is 233 Å². The molecule has 6 heterocycles. The van der Waals surface area contributed by atoms with Crippen molar-refractivity contribution in [1.29, 1.82) is 0 Å².